The molecule has 0 radical (unpaired) electrons. The zero-order valence-electron chi connectivity index (χ0n) is 22.4. The molecule has 1 fully saturated rings. The van der Waals surface area contributed by atoms with Crippen molar-refractivity contribution in [2.75, 3.05) is 26.2 Å². The van der Waals surface area contributed by atoms with Gasteiger partial charge in [-0.25, -0.2) is 8.42 Å². The highest BCUT2D eigenvalue weighted by molar-refractivity contribution is 7.89. The molecule has 3 N–H and O–H groups in total. The average Bonchev–Trinajstić information content (AvgIpc) is 2.96. The van der Waals surface area contributed by atoms with Crippen LogP contribution in [0.5, 0.6) is 0 Å². The molecule has 1 aliphatic rings. The maximum atomic E-state index is 13.8. The van der Waals surface area contributed by atoms with Crippen molar-refractivity contribution in [3.05, 3.63) is 89.4 Å². The average molecular weight is 568 g/mol. The Balaban J connectivity index is 1.50. The van der Waals surface area contributed by atoms with E-state index in [1.165, 1.54) is 4.31 Å². The lowest BCUT2D eigenvalue weighted by Gasteiger charge is -2.28. The molecule has 1 atom stereocenters. The predicted octanol–water partition coefficient (Wildman–Crippen LogP) is 5.68. The first-order valence-corrected chi connectivity index (χ1v) is 15.5. The summed E-state index contributed by atoms with van der Waals surface area (Å²) in [5, 5.41) is 3.60. The standard InChI is InChI=1S/C31H38ClN3O3S/c1-23(26-7-3-2-4-8-26)21-35(22-31(36)34-20-25-13-11-24(19-33)12-14-25)39(37,38)28-17-15-27(16-18-28)29-9-5-6-10-30(29)32/h2-10,15-18,23-25H,11-14,19-22,33H2,1H3,(H,34,36)/t23-,24?,25?/m0/s1. The summed E-state index contributed by atoms with van der Waals surface area (Å²) in [6.07, 6.45) is 4.23. The van der Waals surface area contributed by atoms with Crippen LogP contribution >= 0.6 is 11.6 Å². The number of hydrogen-bond acceptors (Lipinski definition) is 4. The number of sulfonamides is 1. The summed E-state index contributed by atoms with van der Waals surface area (Å²) in [7, 11) is -3.94. The molecule has 0 unspecified atom stereocenters. The summed E-state index contributed by atoms with van der Waals surface area (Å²) in [4.78, 5) is 13.2. The van der Waals surface area contributed by atoms with Gasteiger partial charge in [-0.3, -0.25) is 4.79 Å². The second-order valence-electron chi connectivity index (χ2n) is 10.5. The molecule has 8 heteroatoms. The Morgan fingerprint density at radius 3 is 2.21 bits per heavy atom. The largest absolute Gasteiger partial charge is 0.355 e. The van der Waals surface area contributed by atoms with Crippen molar-refractivity contribution >= 4 is 27.5 Å². The SMILES string of the molecule is C[C@@H](CN(CC(=O)NCC1CCC(CN)CC1)S(=O)(=O)c1ccc(-c2ccccc2Cl)cc1)c1ccccc1. The number of amides is 1. The third kappa shape index (κ3) is 7.70. The second-order valence-corrected chi connectivity index (χ2v) is 12.9. The van der Waals surface area contributed by atoms with E-state index in [0.717, 1.165) is 42.4 Å². The topological polar surface area (TPSA) is 92.5 Å². The number of hydrogen-bond donors (Lipinski definition) is 2. The van der Waals surface area contributed by atoms with E-state index < -0.39 is 10.0 Å². The molecular formula is C31H38ClN3O3S. The molecule has 3 aromatic carbocycles. The van der Waals surface area contributed by atoms with Crippen molar-refractivity contribution in [1.82, 2.24) is 9.62 Å². The van der Waals surface area contributed by atoms with Gasteiger partial charge in [-0.15, -0.1) is 0 Å². The molecule has 0 aliphatic heterocycles. The Morgan fingerprint density at radius 2 is 1.56 bits per heavy atom. The molecule has 1 saturated carbocycles. The highest BCUT2D eigenvalue weighted by Crippen LogP contribution is 2.30. The zero-order chi connectivity index (χ0) is 27.8. The van der Waals surface area contributed by atoms with Crippen LogP contribution in [0.15, 0.2) is 83.8 Å². The summed E-state index contributed by atoms with van der Waals surface area (Å²) in [5.74, 6) is 0.596. The van der Waals surface area contributed by atoms with E-state index in [2.05, 4.69) is 5.32 Å². The van der Waals surface area contributed by atoms with Crippen LogP contribution in [-0.2, 0) is 14.8 Å². The molecule has 4 rings (SSSR count). The molecule has 0 heterocycles. The minimum atomic E-state index is -3.94. The first-order valence-electron chi connectivity index (χ1n) is 13.6. The van der Waals surface area contributed by atoms with Gasteiger partial charge in [-0.2, -0.15) is 4.31 Å². The molecule has 0 saturated heterocycles. The third-order valence-electron chi connectivity index (χ3n) is 7.73. The van der Waals surface area contributed by atoms with Gasteiger partial charge in [0.05, 0.1) is 11.4 Å². The van der Waals surface area contributed by atoms with Crippen molar-refractivity contribution in [3.63, 3.8) is 0 Å². The maximum absolute atomic E-state index is 13.8. The van der Waals surface area contributed by atoms with E-state index in [0.29, 0.717) is 29.9 Å². The van der Waals surface area contributed by atoms with E-state index in [1.807, 2.05) is 55.5 Å². The number of nitrogens with zero attached hydrogens (tertiary/aromatic N) is 1. The van der Waals surface area contributed by atoms with E-state index in [-0.39, 0.29) is 29.8 Å². The highest BCUT2D eigenvalue weighted by atomic mass is 35.5. The van der Waals surface area contributed by atoms with Gasteiger partial charge in [0.15, 0.2) is 0 Å². The van der Waals surface area contributed by atoms with Crippen molar-refractivity contribution in [1.29, 1.82) is 0 Å². The maximum Gasteiger partial charge on any atom is 0.243 e. The lowest BCUT2D eigenvalue weighted by Crippen LogP contribution is -2.43. The van der Waals surface area contributed by atoms with E-state index >= 15 is 0 Å². The summed E-state index contributed by atoms with van der Waals surface area (Å²) < 4.78 is 29.0. The minimum Gasteiger partial charge on any atom is -0.355 e. The Labute approximate surface area is 237 Å². The number of benzene rings is 3. The van der Waals surface area contributed by atoms with Gasteiger partial charge in [0.1, 0.15) is 0 Å². The highest BCUT2D eigenvalue weighted by Gasteiger charge is 2.29. The number of carbonyl (C=O) groups is 1. The Hall–Kier alpha value is -2.71. The molecule has 39 heavy (non-hydrogen) atoms. The molecule has 6 nitrogen and oxygen atoms in total. The van der Waals surface area contributed by atoms with Crippen molar-refractivity contribution in [2.45, 2.75) is 43.4 Å². The number of halogens is 1. The smallest absolute Gasteiger partial charge is 0.243 e. The monoisotopic (exact) mass is 567 g/mol. The lowest BCUT2D eigenvalue weighted by atomic mass is 9.82. The van der Waals surface area contributed by atoms with Crippen molar-refractivity contribution in [2.24, 2.45) is 17.6 Å². The van der Waals surface area contributed by atoms with Crippen LogP contribution in [0.3, 0.4) is 0 Å². The number of nitrogens with one attached hydrogen (secondary N) is 1. The van der Waals surface area contributed by atoms with Gasteiger partial charge in [0, 0.05) is 23.7 Å². The molecule has 0 aromatic heterocycles. The minimum absolute atomic E-state index is 0.0947. The summed E-state index contributed by atoms with van der Waals surface area (Å²) in [6, 6.07) is 23.9. The fraction of sp³-hybridized carbons (Fsp3) is 0.387. The van der Waals surface area contributed by atoms with Gasteiger partial charge < -0.3 is 11.1 Å². The third-order valence-corrected chi connectivity index (χ3v) is 9.89. The van der Waals surface area contributed by atoms with Crippen LogP contribution in [0.25, 0.3) is 11.1 Å². The molecule has 1 amide bonds. The van der Waals surface area contributed by atoms with E-state index in [1.54, 1.807) is 30.3 Å². The molecule has 0 bridgehead atoms. The van der Waals surface area contributed by atoms with Crippen LogP contribution in [0, 0.1) is 11.8 Å². The fourth-order valence-corrected chi connectivity index (χ4v) is 6.97. The van der Waals surface area contributed by atoms with Crippen LogP contribution in [0.2, 0.25) is 5.02 Å². The molecule has 3 aromatic rings. The van der Waals surface area contributed by atoms with Crippen LogP contribution in [0.4, 0.5) is 0 Å². The number of carbonyl (C=O) groups excluding carboxylic acids is 1. The Kier molecular flexibility index (Phi) is 10.2. The number of rotatable bonds is 11. The molecular weight excluding hydrogens is 530 g/mol. The Morgan fingerprint density at radius 1 is 0.949 bits per heavy atom. The fourth-order valence-electron chi connectivity index (χ4n) is 5.24. The van der Waals surface area contributed by atoms with Crippen LogP contribution in [-0.4, -0.2) is 44.8 Å². The summed E-state index contributed by atoms with van der Waals surface area (Å²) in [5.41, 5.74) is 8.48. The zero-order valence-corrected chi connectivity index (χ0v) is 24.0. The van der Waals surface area contributed by atoms with E-state index in [4.69, 9.17) is 17.3 Å². The summed E-state index contributed by atoms with van der Waals surface area (Å²) >= 11 is 6.34. The van der Waals surface area contributed by atoms with Crippen LogP contribution < -0.4 is 11.1 Å². The summed E-state index contributed by atoms with van der Waals surface area (Å²) in [6.45, 7) is 3.21. The first kappa shape index (κ1) is 29.3. The normalized spacial score (nSPS) is 18.6. The van der Waals surface area contributed by atoms with Gasteiger partial charge in [-0.1, -0.05) is 79.2 Å². The van der Waals surface area contributed by atoms with Crippen LogP contribution in [0.1, 0.15) is 44.1 Å². The van der Waals surface area contributed by atoms with Gasteiger partial charge in [0.2, 0.25) is 15.9 Å². The molecule has 0 spiro atoms. The number of nitrogens with two attached hydrogens (primary N) is 1. The Bertz CT molecular complexity index is 1320. The van der Waals surface area contributed by atoms with Gasteiger partial charge in [-0.05, 0) is 79.3 Å². The van der Waals surface area contributed by atoms with Crippen molar-refractivity contribution < 1.29 is 13.2 Å². The second kappa shape index (κ2) is 13.6. The quantitative estimate of drug-likeness (QED) is 0.312. The molecule has 208 valence electrons. The first-order chi connectivity index (χ1) is 18.8. The predicted molar refractivity (Wildman–Crippen MR) is 158 cm³/mol. The van der Waals surface area contributed by atoms with E-state index in [9.17, 15) is 13.2 Å². The van der Waals surface area contributed by atoms with Gasteiger partial charge in [0.25, 0.3) is 0 Å². The van der Waals surface area contributed by atoms with Gasteiger partial charge >= 0.3 is 0 Å². The molecule has 1 aliphatic carbocycles. The van der Waals surface area contributed by atoms with Crippen molar-refractivity contribution in [3.8, 4) is 11.1 Å². The lowest BCUT2D eigenvalue weighted by molar-refractivity contribution is -0.121.